The average molecular weight is 235 g/mol. The first kappa shape index (κ1) is 14.2. The van der Waals surface area contributed by atoms with E-state index in [1.54, 1.807) is 0 Å². The Bertz CT molecular complexity index is 208. The molecule has 0 rings (SSSR count). The molecule has 0 bridgehead atoms. The molecule has 88 valence electrons. The van der Waals surface area contributed by atoms with E-state index >= 15 is 0 Å². The third-order valence-electron chi connectivity index (χ3n) is 1.91. The van der Waals surface area contributed by atoms with Gasteiger partial charge >= 0.3 is 6.03 Å². The minimum absolute atomic E-state index is 0.469. The van der Waals surface area contributed by atoms with Gasteiger partial charge in [0.2, 0.25) is 5.91 Å². The minimum atomic E-state index is -0.684. The van der Waals surface area contributed by atoms with Crippen LogP contribution in [0.15, 0.2) is 0 Å². The predicted octanol–water partition coefficient (Wildman–Crippen LogP) is 2.02. The van der Waals surface area contributed by atoms with Gasteiger partial charge in [0, 0.05) is 6.54 Å². The molecule has 1 atom stereocenters. The fraction of sp³-hybridized carbons (Fsp3) is 0.800. The molecule has 3 amide bonds. The number of carbonyl (C=O) groups is 2. The minimum Gasteiger partial charge on any atom is -0.338 e. The van der Waals surface area contributed by atoms with E-state index in [1.165, 1.54) is 13.3 Å². The lowest BCUT2D eigenvalue weighted by molar-refractivity contribution is -0.119. The van der Waals surface area contributed by atoms with Crippen molar-refractivity contribution >= 4 is 23.5 Å². The van der Waals surface area contributed by atoms with Crippen LogP contribution in [0.3, 0.4) is 0 Å². The molecule has 0 aromatic rings. The normalized spacial score (nSPS) is 11.9. The molecule has 0 radical (unpaired) electrons. The number of amides is 3. The third kappa shape index (κ3) is 8.24. The van der Waals surface area contributed by atoms with Crippen molar-refractivity contribution in [2.75, 3.05) is 6.54 Å². The van der Waals surface area contributed by atoms with E-state index in [0.29, 0.717) is 6.54 Å². The highest BCUT2D eigenvalue weighted by Gasteiger charge is 2.11. The van der Waals surface area contributed by atoms with Crippen LogP contribution in [-0.2, 0) is 4.79 Å². The van der Waals surface area contributed by atoms with E-state index in [0.717, 1.165) is 19.3 Å². The molecule has 4 nitrogen and oxygen atoms in total. The summed E-state index contributed by atoms with van der Waals surface area (Å²) < 4.78 is 0. The number of unbranched alkanes of at least 4 members (excludes halogenated alkanes) is 3. The first-order valence-electron chi connectivity index (χ1n) is 5.30. The van der Waals surface area contributed by atoms with Crippen LogP contribution in [-0.4, -0.2) is 23.9 Å². The number of urea groups is 1. The largest absolute Gasteiger partial charge is 0.338 e. The van der Waals surface area contributed by atoms with Gasteiger partial charge in [0.05, 0.1) is 0 Å². The van der Waals surface area contributed by atoms with Crippen molar-refractivity contribution in [2.45, 2.75) is 44.9 Å². The Morgan fingerprint density at radius 1 is 1.27 bits per heavy atom. The monoisotopic (exact) mass is 234 g/mol. The first-order valence-corrected chi connectivity index (χ1v) is 5.74. The fourth-order valence-electron chi connectivity index (χ4n) is 1.01. The molecule has 0 saturated heterocycles. The van der Waals surface area contributed by atoms with Crippen LogP contribution < -0.4 is 10.6 Å². The molecule has 0 aromatic carbocycles. The molecule has 0 saturated carbocycles. The summed E-state index contributed by atoms with van der Waals surface area (Å²) in [4.78, 5) is 22.1. The molecule has 15 heavy (non-hydrogen) atoms. The number of hydrogen-bond acceptors (Lipinski definition) is 2. The summed E-state index contributed by atoms with van der Waals surface area (Å²) in [7, 11) is 0. The number of halogens is 1. The second kappa shape index (κ2) is 8.53. The highest BCUT2D eigenvalue weighted by molar-refractivity contribution is 6.31. The zero-order valence-corrected chi connectivity index (χ0v) is 10.1. The molecule has 0 aromatic heterocycles. The van der Waals surface area contributed by atoms with Crippen LogP contribution >= 0.6 is 11.6 Å². The van der Waals surface area contributed by atoms with Gasteiger partial charge in [0.15, 0.2) is 0 Å². The maximum absolute atomic E-state index is 11.1. The zero-order valence-electron chi connectivity index (χ0n) is 9.31. The highest BCUT2D eigenvalue weighted by Crippen LogP contribution is 1.97. The zero-order chi connectivity index (χ0) is 11.7. The van der Waals surface area contributed by atoms with E-state index in [2.05, 4.69) is 17.6 Å². The number of nitrogens with one attached hydrogen (secondary N) is 2. The van der Waals surface area contributed by atoms with Crippen molar-refractivity contribution in [1.82, 2.24) is 10.6 Å². The van der Waals surface area contributed by atoms with Gasteiger partial charge in [-0.2, -0.15) is 0 Å². The molecule has 0 aliphatic heterocycles. The Kier molecular flexibility index (Phi) is 8.09. The van der Waals surface area contributed by atoms with Crippen molar-refractivity contribution < 1.29 is 9.59 Å². The van der Waals surface area contributed by atoms with Gasteiger partial charge in [-0.15, -0.1) is 11.6 Å². The number of hydrogen-bond donors (Lipinski definition) is 2. The number of imide groups is 1. The van der Waals surface area contributed by atoms with Gasteiger partial charge in [-0.25, -0.2) is 4.79 Å². The quantitative estimate of drug-likeness (QED) is 0.546. The summed E-state index contributed by atoms with van der Waals surface area (Å²) in [5, 5.41) is 4.06. The topological polar surface area (TPSA) is 58.2 Å². The Morgan fingerprint density at radius 2 is 1.93 bits per heavy atom. The number of rotatable bonds is 6. The number of alkyl halides is 1. The molecule has 0 heterocycles. The van der Waals surface area contributed by atoms with Crippen molar-refractivity contribution in [3.05, 3.63) is 0 Å². The van der Waals surface area contributed by atoms with Crippen molar-refractivity contribution in [3.8, 4) is 0 Å². The van der Waals surface area contributed by atoms with E-state index in [1.807, 2.05) is 0 Å². The first-order chi connectivity index (χ1) is 7.07. The molecule has 0 aliphatic carbocycles. The van der Waals surface area contributed by atoms with Gasteiger partial charge in [0.1, 0.15) is 5.38 Å². The van der Waals surface area contributed by atoms with Crippen molar-refractivity contribution in [1.29, 1.82) is 0 Å². The SMILES string of the molecule is CCCCCCNC(=O)NC(=O)C(C)Cl. The summed E-state index contributed by atoms with van der Waals surface area (Å²) in [6, 6.07) is -0.469. The van der Waals surface area contributed by atoms with Gasteiger partial charge in [-0.1, -0.05) is 26.2 Å². The van der Waals surface area contributed by atoms with E-state index in [9.17, 15) is 9.59 Å². The van der Waals surface area contributed by atoms with Crippen LogP contribution in [0, 0.1) is 0 Å². The van der Waals surface area contributed by atoms with Crippen LogP contribution in [0.5, 0.6) is 0 Å². The number of carbonyl (C=O) groups excluding carboxylic acids is 2. The summed E-state index contributed by atoms with van der Waals surface area (Å²) in [5.41, 5.74) is 0. The predicted molar refractivity (Wildman–Crippen MR) is 61.0 cm³/mol. The van der Waals surface area contributed by atoms with Crippen LogP contribution in [0.4, 0.5) is 4.79 Å². The molecular formula is C10H19ClN2O2. The maximum Gasteiger partial charge on any atom is 0.321 e. The molecule has 2 N–H and O–H groups in total. The molecule has 0 spiro atoms. The summed E-state index contributed by atoms with van der Waals surface area (Å²) >= 11 is 5.48. The summed E-state index contributed by atoms with van der Waals surface area (Å²) in [6.07, 6.45) is 4.36. The maximum atomic E-state index is 11.1. The lowest BCUT2D eigenvalue weighted by Gasteiger charge is -2.07. The summed E-state index contributed by atoms with van der Waals surface area (Å²) in [6.45, 7) is 4.24. The molecule has 1 unspecified atom stereocenters. The lowest BCUT2D eigenvalue weighted by atomic mass is 10.2. The fourth-order valence-corrected chi connectivity index (χ4v) is 1.06. The molecule has 0 aliphatic rings. The van der Waals surface area contributed by atoms with Crippen LogP contribution in [0.2, 0.25) is 0 Å². The van der Waals surface area contributed by atoms with Gasteiger partial charge in [-0.3, -0.25) is 10.1 Å². The van der Waals surface area contributed by atoms with Gasteiger partial charge < -0.3 is 5.32 Å². The Hall–Kier alpha value is -0.770. The van der Waals surface area contributed by atoms with Crippen molar-refractivity contribution in [2.24, 2.45) is 0 Å². The smallest absolute Gasteiger partial charge is 0.321 e. The molecular weight excluding hydrogens is 216 g/mol. The molecule has 5 heteroatoms. The highest BCUT2D eigenvalue weighted by atomic mass is 35.5. The Morgan fingerprint density at radius 3 is 2.47 bits per heavy atom. The Balaban J connectivity index is 3.45. The lowest BCUT2D eigenvalue weighted by Crippen LogP contribution is -2.42. The van der Waals surface area contributed by atoms with E-state index in [-0.39, 0.29) is 0 Å². The van der Waals surface area contributed by atoms with Crippen LogP contribution in [0.1, 0.15) is 39.5 Å². The molecule has 0 fully saturated rings. The van der Waals surface area contributed by atoms with Gasteiger partial charge in [-0.05, 0) is 13.3 Å². The van der Waals surface area contributed by atoms with Crippen molar-refractivity contribution in [3.63, 3.8) is 0 Å². The second-order valence-corrected chi connectivity index (χ2v) is 4.08. The third-order valence-corrected chi connectivity index (χ3v) is 2.11. The Labute approximate surface area is 95.7 Å². The second-order valence-electron chi connectivity index (χ2n) is 3.42. The average Bonchev–Trinajstić information content (AvgIpc) is 2.17. The van der Waals surface area contributed by atoms with Gasteiger partial charge in [0.25, 0.3) is 0 Å². The van der Waals surface area contributed by atoms with E-state index < -0.39 is 17.3 Å². The van der Waals surface area contributed by atoms with Crippen LogP contribution in [0.25, 0.3) is 0 Å². The van der Waals surface area contributed by atoms with E-state index in [4.69, 9.17) is 11.6 Å². The summed E-state index contributed by atoms with van der Waals surface area (Å²) in [5.74, 6) is -0.470. The standard InChI is InChI=1S/C10H19ClN2O2/c1-3-4-5-6-7-12-10(15)13-9(14)8(2)11/h8H,3-7H2,1-2H3,(H2,12,13,14,15).